The number of hydrogen-bond acceptors (Lipinski definition) is 2. The highest BCUT2D eigenvalue weighted by Gasteiger charge is 2.26. The van der Waals surface area contributed by atoms with Crippen LogP contribution in [0.5, 0.6) is 0 Å². The summed E-state index contributed by atoms with van der Waals surface area (Å²) < 4.78 is 53.1. The molecule has 0 bridgehead atoms. The highest BCUT2D eigenvalue weighted by Crippen LogP contribution is 2.23. The molecule has 2 rings (SSSR count). The van der Waals surface area contributed by atoms with Crippen LogP contribution in [0.15, 0.2) is 36.4 Å². The van der Waals surface area contributed by atoms with Crippen molar-refractivity contribution in [2.45, 2.75) is 19.1 Å². The largest absolute Gasteiger partial charge is 0.384 e. The molecular weight excluding hydrogens is 298 g/mol. The Balaban J connectivity index is 2.05. The van der Waals surface area contributed by atoms with Gasteiger partial charge < -0.3 is 10.4 Å². The van der Waals surface area contributed by atoms with Gasteiger partial charge in [-0.3, -0.25) is 0 Å². The highest BCUT2D eigenvalue weighted by atomic mass is 19.2. The molecule has 2 aromatic rings. The molecule has 0 aromatic heterocycles. The Bertz CT molecular complexity index is 673. The average molecular weight is 313 g/mol. The molecule has 0 radical (unpaired) electrons. The smallest absolute Gasteiger partial charge is 0.163 e. The minimum absolute atomic E-state index is 0.0391. The minimum Gasteiger partial charge on any atom is -0.384 e. The molecule has 0 heterocycles. The van der Waals surface area contributed by atoms with E-state index >= 15 is 0 Å². The lowest BCUT2D eigenvalue weighted by Crippen LogP contribution is -2.36. The van der Waals surface area contributed by atoms with E-state index in [0.29, 0.717) is 6.07 Å². The standard InChI is InChI=1S/C16H15F4NO/c1-16(22,12-6-5-11(17)7-14(12)19)9-21-8-10-3-2-4-13(18)15(10)20/h2-7,21-22H,8-9H2,1H3. The van der Waals surface area contributed by atoms with Crippen LogP contribution in [0.3, 0.4) is 0 Å². The molecule has 2 nitrogen and oxygen atoms in total. The van der Waals surface area contributed by atoms with Crippen LogP contribution in [0.2, 0.25) is 0 Å². The fourth-order valence-electron chi connectivity index (χ4n) is 2.15. The quantitative estimate of drug-likeness (QED) is 0.831. The topological polar surface area (TPSA) is 32.3 Å². The van der Waals surface area contributed by atoms with Gasteiger partial charge in [-0.05, 0) is 19.1 Å². The van der Waals surface area contributed by atoms with Gasteiger partial charge in [-0.25, -0.2) is 17.6 Å². The lowest BCUT2D eigenvalue weighted by Gasteiger charge is -2.25. The van der Waals surface area contributed by atoms with Gasteiger partial charge in [0.1, 0.15) is 17.2 Å². The maximum absolute atomic E-state index is 13.7. The monoisotopic (exact) mass is 313 g/mol. The van der Waals surface area contributed by atoms with Crippen molar-refractivity contribution in [2.24, 2.45) is 0 Å². The zero-order chi connectivity index (χ0) is 16.3. The number of nitrogens with one attached hydrogen (secondary N) is 1. The van der Waals surface area contributed by atoms with Crippen molar-refractivity contribution in [3.05, 3.63) is 70.8 Å². The zero-order valence-electron chi connectivity index (χ0n) is 11.8. The Labute approximate surface area is 125 Å². The number of halogens is 4. The van der Waals surface area contributed by atoms with Gasteiger partial charge in [-0.15, -0.1) is 0 Å². The van der Waals surface area contributed by atoms with E-state index in [1.165, 1.54) is 19.1 Å². The van der Waals surface area contributed by atoms with E-state index in [4.69, 9.17) is 0 Å². The molecule has 0 aliphatic rings. The summed E-state index contributed by atoms with van der Waals surface area (Å²) in [6.45, 7) is 1.19. The van der Waals surface area contributed by atoms with Crippen LogP contribution < -0.4 is 5.32 Å². The number of aliphatic hydroxyl groups is 1. The van der Waals surface area contributed by atoms with Crippen LogP contribution in [0.25, 0.3) is 0 Å². The molecule has 0 saturated heterocycles. The van der Waals surface area contributed by atoms with E-state index in [1.807, 2.05) is 0 Å². The fraction of sp³-hybridized carbons (Fsp3) is 0.250. The number of rotatable bonds is 5. The van der Waals surface area contributed by atoms with Gasteiger partial charge in [-0.2, -0.15) is 0 Å². The van der Waals surface area contributed by atoms with E-state index < -0.39 is 28.9 Å². The Hall–Kier alpha value is -1.92. The summed E-state index contributed by atoms with van der Waals surface area (Å²) in [5.74, 6) is -3.55. The molecule has 2 N–H and O–H groups in total. The van der Waals surface area contributed by atoms with Crippen LogP contribution in [-0.2, 0) is 12.1 Å². The third-order valence-electron chi connectivity index (χ3n) is 3.33. The lowest BCUT2D eigenvalue weighted by molar-refractivity contribution is 0.0527. The molecule has 0 fully saturated rings. The fourth-order valence-corrected chi connectivity index (χ4v) is 2.15. The first kappa shape index (κ1) is 16.5. The van der Waals surface area contributed by atoms with E-state index in [0.717, 1.165) is 18.2 Å². The molecule has 22 heavy (non-hydrogen) atoms. The zero-order valence-corrected chi connectivity index (χ0v) is 11.8. The van der Waals surface area contributed by atoms with Crippen molar-refractivity contribution >= 4 is 0 Å². The summed E-state index contributed by atoms with van der Waals surface area (Å²) in [4.78, 5) is 0. The SMILES string of the molecule is CC(O)(CNCc1cccc(F)c1F)c1ccc(F)cc1F. The van der Waals surface area contributed by atoms with Crippen molar-refractivity contribution < 1.29 is 22.7 Å². The molecule has 0 aliphatic carbocycles. The van der Waals surface area contributed by atoms with Gasteiger partial charge in [0.15, 0.2) is 11.6 Å². The normalized spacial score (nSPS) is 13.9. The molecule has 118 valence electrons. The second-order valence-electron chi connectivity index (χ2n) is 5.21. The molecule has 0 amide bonds. The molecular formula is C16H15F4NO. The van der Waals surface area contributed by atoms with Gasteiger partial charge >= 0.3 is 0 Å². The van der Waals surface area contributed by atoms with Crippen molar-refractivity contribution in [2.75, 3.05) is 6.54 Å². The van der Waals surface area contributed by atoms with Crippen molar-refractivity contribution in [1.82, 2.24) is 5.32 Å². The Morgan fingerprint density at radius 2 is 1.77 bits per heavy atom. The van der Waals surface area contributed by atoms with Crippen LogP contribution in [-0.4, -0.2) is 11.7 Å². The molecule has 1 atom stereocenters. The van der Waals surface area contributed by atoms with Crippen LogP contribution in [0.1, 0.15) is 18.1 Å². The number of benzene rings is 2. The first-order valence-corrected chi connectivity index (χ1v) is 6.63. The van der Waals surface area contributed by atoms with Gasteiger partial charge in [-0.1, -0.05) is 18.2 Å². The minimum atomic E-state index is -1.62. The summed E-state index contributed by atoms with van der Waals surface area (Å²) in [6, 6.07) is 6.64. The second-order valence-corrected chi connectivity index (χ2v) is 5.21. The highest BCUT2D eigenvalue weighted by molar-refractivity contribution is 5.25. The van der Waals surface area contributed by atoms with Crippen molar-refractivity contribution in [3.8, 4) is 0 Å². The Morgan fingerprint density at radius 1 is 1.05 bits per heavy atom. The molecule has 6 heteroatoms. The van der Waals surface area contributed by atoms with Crippen molar-refractivity contribution in [1.29, 1.82) is 0 Å². The van der Waals surface area contributed by atoms with Crippen LogP contribution in [0.4, 0.5) is 17.6 Å². The molecule has 2 aromatic carbocycles. The van der Waals surface area contributed by atoms with Crippen LogP contribution in [0, 0.1) is 23.3 Å². The van der Waals surface area contributed by atoms with Gasteiger partial charge in [0.25, 0.3) is 0 Å². The average Bonchev–Trinajstić information content (AvgIpc) is 2.43. The predicted octanol–water partition coefficient (Wildman–Crippen LogP) is 3.24. The summed E-state index contributed by atoms with van der Waals surface area (Å²) in [5.41, 5.74) is -1.61. The Morgan fingerprint density at radius 3 is 2.45 bits per heavy atom. The van der Waals surface area contributed by atoms with Crippen LogP contribution >= 0.6 is 0 Å². The maximum atomic E-state index is 13.7. The molecule has 1 unspecified atom stereocenters. The summed E-state index contributed by atoms with van der Waals surface area (Å²) in [7, 11) is 0. The first-order valence-electron chi connectivity index (χ1n) is 6.63. The second kappa shape index (κ2) is 6.46. The maximum Gasteiger partial charge on any atom is 0.163 e. The summed E-state index contributed by atoms with van der Waals surface area (Å²) in [6.07, 6.45) is 0. The lowest BCUT2D eigenvalue weighted by atomic mass is 9.95. The van der Waals surface area contributed by atoms with Gasteiger partial charge in [0.05, 0.1) is 0 Å². The third-order valence-corrected chi connectivity index (χ3v) is 3.33. The number of hydrogen-bond donors (Lipinski definition) is 2. The predicted molar refractivity (Wildman–Crippen MR) is 74.0 cm³/mol. The molecule has 0 spiro atoms. The van der Waals surface area contributed by atoms with Crippen molar-refractivity contribution in [3.63, 3.8) is 0 Å². The van der Waals surface area contributed by atoms with Gasteiger partial charge in [0, 0.05) is 30.3 Å². The molecule has 0 aliphatic heterocycles. The van der Waals surface area contributed by atoms with E-state index in [1.54, 1.807) is 0 Å². The van der Waals surface area contributed by atoms with E-state index in [2.05, 4.69) is 5.32 Å². The first-order chi connectivity index (χ1) is 10.3. The third kappa shape index (κ3) is 3.64. The molecule has 0 saturated carbocycles. The summed E-state index contributed by atoms with van der Waals surface area (Å²) >= 11 is 0. The Kier molecular flexibility index (Phi) is 4.83. The van der Waals surface area contributed by atoms with E-state index in [-0.39, 0.29) is 24.2 Å². The van der Waals surface area contributed by atoms with Gasteiger partial charge in [0.2, 0.25) is 0 Å². The summed E-state index contributed by atoms with van der Waals surface area (Å²) in [5, 5.41) is 13.0. The van der Waals surface area contributed by atoms with E-state index in [9.17, 15) is 22.7 Å².